The lowest BCUT2D eigenvalue weighted by Crippen LogP contribution is -2.21. The number of carbonyl (C=O) groups excluding carboxylic acids is 1. The number of benzene rings is 1. The van der Waals surface area contributed by atoms with Crippen molar-refractivity contribution in [2.45, 2.75) is 12.6 Å². The van der Waals surface area contributed by atoms with Crippen molar-refractivity contribution in [1.82, 2.24) is 4.98 Å². The van der Waals surface area contributed by atoms with E-state index in [4.69, 9.17) is 5.11 Å². The van der Waals surface area contributed by atoms with Crippen LogP contribution in [-0.2, 0) is 6.42 Å². The Hall–Kier alpha value is -2.61. The van der Waals surface area contributed by atoms with E-state index in [0.29, 0.717) is 12.1 Å². The second-order valence-corrected chi connectivity index (χ2v) is 4.88. The number of aliphatic hydroxyl groups is 1. The molecule has 0 saturated heterocycles. The standard InChI is InChI=1S/C16H15F3N2O3/c17-16(18,19)10-24-13-2-1-8-20-14(13)15(23)21-12-5-3-11(4-6-12)7-9-22/h1-6,8,22H,7,9-10H2,(H,21,23). The Bertz CT molecular complexity index is 688. The van der Waals surface area contributed by atoms with E-state index in [-0.39, 0.29) is 18.1 Å². The molecular formula is C16H15F3N2O3. The van der Waals surface area contributed by atoms with Crippen LogP contribution in [0.2, 0.25) is 0 Å². The maximum Gasteiger partial charge on any atom is 0.422 e. The molecule has 1 amide bonds. The van der Waals surface area contributed by atoms with Crippen molar-refractivity contribution < 1.29 is 27.8 Å². The minimum absolute atomic E-state index is 0.0134. The maximum absolute atomic E-state index is 12.3. The summed E-state index contributed by atoms with van der Waals surface area (Å²) in [4.78, 5) is 16.0. The Morgan fingerprint density at radius 2 is 1.92 bits per heavy atom. The first-order chi connectivity index (χ1) is 11.4. The third kappa shape index (κ3) is 5.24. The zero-order valence-corrected chi connectivity index (χ0v) is 12.5. The monoisotopic (exact) mass is 340 g/mol. The number of hydrogen-bond acceptors (Lipinski definition) is 4. The highest BCUT2D eigenvalue weighted by Gasteiger charge is 2.29. The van der Waals surface area contributed by atoms with E-state index in [9.17, 15) is 18.0 Å². The number of rotatable bonds is 6. The van der Waals surface area contributed by atoms with Crippen molar-refractivity contribution in [3.8, 4) is 5.75 Å². The van der Waals surface area contributed by atoms with Crippen molar-refractivity contribution in [1.29, 1.82) is 0 Å². The fourth-order valence-corrected chi connectivity index (χ4v) is 1.91. The van der Waals surface area contributed by atoms with Gasteiger partial charge in [-0.2, -0.15) is 13.2 Å². The van der Waals surface area contributed by atoms with Crippen LogP contribution in [0.4, 0.5) is 18.9 Å². The molecule has 8 heteroatoms. The lowest BCUT2D eigenvalue weighted by Gasteiger charge is -2.12. The van der Waals surface area contributed by atoms with Crippen molar-refractivity contribution in [3.05, 3.63) is 53.9 Å². The molecule has 24 heavy (non-hydrogen) atoms. The van der Waals surface area contributed by atoms with E-state index < -0.39 is 18.7 Å². The van der Waals surface area contributed by atoms with Gasteiger partial charge >= 0.3 is 6.18 Å². The van der Waals surface area contributed by atoms with Crippen LogP contribution in [0.3, 0.4) is 0 Å². The fourth-order valence-electron chi connectivity index (χ4n) is 1.91. The number of halogens is 3. The van der Waals surface area contributed by atoms with Gasteiger partial charge in [0.25, 0.3) is 5.91 Å². The van der Waals surface area contributed by atoms with Crippen molar-refractivity contribution in [2.24, 2.45) is 0 Å². The number of anilines is 1. The molecule has 5 nitrogen and oxygen atoms in total. The molecule has 128 valence electrons. The number of pyridine rings is 1. The molecule has 1 aromatic heterocycles. The number of amides is 1. The summed E-state index contributed by atoms with van der Waals surface area (Å²) in [6.45, 7) is -1.49. The molecule has 0 fully saturated rings. The average Bonchev–Trinajstić information content (AvgIpc) is 2.54. The summed E-state index contributed by atoms with van der Waals surface area (Å²) in [5.74, 6) is -0.924. The summed E-state index contributed by atoms with van der Waals surface area (Å²) in [5.41, 5.74) is 1.11. The van der Waals surface area contributed by atoms with Crippen molar-refractivity contribution in [3.63, 3.8) is 0 Å². The highest BCUT2D eigenvalue weighted by atomic mass is 19.4. The first-order valence-corrected chi connectivity index (χ1v) is 7.05. The van der Waals surface area contributed by atoms with Gasteiger partial charge < -0.3 is 15.2 Å². The Morgan fingerprint density at radius 1 is 1.21 bits per heavy atom. The summed E-state index contributed by atoms with van der Waals surface area (Å²) < 4.78 is 41.4. The number of ether oxygens (including phenoxy) is 1. The maximum atomic E-state index is 12.3. The third-order valence-electron chi connectivity index (χ3n) is 2.99. The Kier molecular flexibility index (Phi) is 5.75. The van der Waals surface area contributed by atoms with E-state index in [1.54, 1.807) is 24.3 Å². The molecular weight excluding hydrogens is 325 g/mol. The van der Waals surface area contributed by atoms with Crippen molar-refractivity contribution >= 4 is 11.6 Å². The topological polar surface area (TPSA) is 71.5 Å². The van der Waals surface area contributed by atoms with Crippen LogP contribution >= 0.6 is 0 Å². The van der Waals surface area contributed by atoms with Crippen LogP contribution in [0.25, 0.3) is 0 Å². The van der Waals surface area contributed by atoms with Crippen LogP contribution in [0.1, 0.15) is 16.1 Å². The lowest BCUT2D eigenvalue weighted by molar-refractivity contribution is -0.153. The first kappa shape index (κ1) is 17.7. The van der Waals surface area contributed by atoms with Gasteiger partial charge in [0.05, 0.1) is 0 Å². The second kappa shape index (κ2) is 7.78. The first-order valence-electron chi connectivity index (χ1n) is 7.05. The molecule has 0 unspecified atom stereocenters. The smallest absolute Gasteiger partial charge is 0.422 e. The SMILES string of the molecule is O=C(Nc1ccc(CCO)cc1)c1ncccc1OCC(F)(F)F. The Labute approximate surface area is 136 Å². The van der Waals surface area contributed by atoms with Gasteiger partial charge in [0, 0.05) is 18.5 Å². The van der Waals surface area contributed by atoms with E-state index in [0.717, 1.165) is 5.56 Å². The van der Waals surface area contributed by atoms with Crippen LogP contribution in [0.5, 0.6) is 5.75 Å². The van der Waals surface area contributed by atoms with Gasteiger partial charge in [0.1, 0.15) is 0 Å². The molecule has 2 N–H and O–H groups in total. The Balaban J connectivity index is 2.09. The molecule has 0 aliphatic carbocycles. The molecule has 0 aliphatic heterocycles. The summed E-state index contributed by atoms with van der Waals surface area (Å²) in [6, 6.07) is 9.34. The number of aliphatic hydroxyl groups excluding tert-OH is 1. The van der Waals surface area contributed by atoms with E-state index in [1.807, 2.05) is 0 Å². The number of aromatic nitrogens is 1. The summed E-state index contributed by atoms with van der Waals surface area (Å²) in [6.07, 6.45) is -2.73. The van der Waals surface area contributed by atoms with Gasteiger partial charge in [-0.1, -0.05) is 12.1 Å². The molecule has 0 radical (unpaired) electrons. The summed E-state index contributed by atoms with van der Waals surface area (Å²) in [7, 11) is 0. The molecule has 0 bridgehead atoms. The molecule has 2 rings (SSSR count). The predicted octanol–water partition coefficient (Wildman–Crippen LogP) is 2.81. The van der Waals surface area contributed by atoms with Crippen LogP contribution in [0, 0.1) is 0 Å². The van der Waals surface area contributed by atoms with Crippen LogP contribution < -0.4 is 10.1 Å². The number of carbonyl (C=O) groups is 1. The van der Waals surface area contributed by atoms with Gasteiger partial charge in [-0.3, -0.25) is 4.79 Å². The number of nitrogens with zero attached hydrogens (tertiary/aromatic N) is 1. The van der Waals surface area contributed by atoms with Gasteiger partial charge in [-0.15, -0.1) is 0 Å². The second-order valence-electron chi connectivity index (χ2n) is 4.88. The van der Waals surface area contributed by atoms with Gasteiger partial charge in [-0.25, -0.2) is 4.98 Å². The Morgan fingerprint density at radius 3 is 2.54 bits per heavy atom. The minimum Gasteiger partial charge on any atom is -0.482 e. The molecule has 1 aromatic carbocycles. The van der Waals surface area contributed by atoms with Gasteiger partial charge in [0.15, 0.2) is 18.1 Å². The van der Waals surface area contributed by atoms with Crippen molar-refractivity contribution in [2.75, 3.05) is 18.5 Å². The quantitative estimate of drug-likeness (QED) is 0.848. The molecule has 2 aromatic rings. The van der Waals surface area contributed by atoms with Crippen LogP contribution in [-0.4, -0.2) is 35.4 Å². The molecule has 0 atom stereocenters. The summed E-state index contributed by atoms with van der Waals surface area (Å²) in [5, 5.41) is 11.4. The number of nitrogens with one attached hydrogen (secondary N) is 1. The third-order valence-corrected chi connectivity index (χ3v) is 2.99. The minimum atomic E-state index is -4.51. The summed E-state index contributed by atoms with van der Waals surface area (Å²) >= 11 is 0. The molecule has 0 spiro atoms. The predicted molar refractivity (Wildman–Crippen MR) is 81.0 cm³/mol. The zero-order valence-electron chi connectivity index (χ0n) is 12.5. The van der Waals surface area contributed by atoms with E-state index >= 15 is 0 Å². The highest BCUT2D eigenvalue weighted by Crippen LogP contribution is 2.21. The fraction of sp³-hybridized carbons (Fsp3) is 0.250. The molecule has 0 aliphatic rings. The van der Waals surface area contributed by atoms with E-state index in [1.165, 1.54) is 18.3 Å². The highest BCUT2D eigenvalue weighted by molar-refractivity contribution is 6.04. The average molecular weight is 340 g/mol. The molecule has 0 saturated carbocycles. The van der Waals surface area contributed by atoms with Crippen LogP contribution in [0.15, 0.2) is 42.6 Å². The number of hydrogen-bond donors (Lipinski definition) is 2. The van der Waals surface area contributed by atoms with Gasteiger partial charge in [0.2, 0.25) is 0 Å². The normalized spacial score (nSPS) is 11.2. The van der Waals surface area contributed by atoms with E-state index in [2.05, 4.69) is 15.0 Å². The van der Waals surface area contributed by atoms with Gasteiger partial charge in [-0.05, 0) is 36.2 Å². The number of alkyl halides is 3. The zero-order chi connectivity index (χ0) is 17.6. The largest absolute Gasteiger partial charge is 0.482 e. The lowest BCUT2D eigenvalue weighted by atomic mass is 10.1. The molecule has 1 heterocycles.